The smallest absolute Gasteiger partial charge is 0.265 e. The van der Waals surface area contributed by atoms with E-state index in [1.807, 2.05) is 48.7 Å². The molecule has 4 aromatic rings. The molecule has 0 aliphatic heterocycles. The molecule has 0 unspecified atom stereocenters. The molecule has 6 nitrogen and oxygen atoms in total. The van der Waals surface area contributed by atoms with E-state index in [2.05, 4.69) is 30.7 Å². The minimum absolute atomic E-state index is 0.370. The maximum atomic E-state index is 4.42. The number of fused-ring (bicyclic) bond motifs is 3. The molecule has 3 heterocycles. The number of aromatic nitrogens is 4. The summed E-state index contributed by atoms with van der Waals surface area (Å²) in [5.74, 6) is 0.370. The van der Waals surface area contributed by atoms with Gasteiger partial charge in [-0.1, -0.05) is 24.3 Å². The van der Waals surface area contributed by atoms with E-state index < -0.39 is 0 Å². The summed E-state index contributed by atoms with van der Waals surface area (Å²) >= 11 is 1.64. The van der Waals surface area contributed by atoms with Gasteiger partial charge in [0.2, 0.25) is 0 Å². The van der Waals surface area contributed by atoms with Crippen LogP contribution in [0.3, 0.4) is 0 Å². The van der Waals surface area contributed by atoms with Crippen LogP contribution in [0.15, 0.2) is 46.9 Å². The first-order valence-corrected chi connectivity index (χ1v) is 7.64. The van der Waals surface area contributed by atoms with Gasteiger partial charge in [-0.2, -0.15) is 10.1 Å². The van der Waals surface area contributed by atoms with Crippen molar-refractivity contribution < 1.29 is 0 Å². The minimum atomic E-state index is 0.370. The number of hydrogen-bond donors (Lipinski definition) is 2. The number of thiophene rings is 1. The van der Waals surface area contributed by atoms with Crippen LogP contribution in [0.2, 0.25) is 0 Å². The Morgan fingerprint density at radius 3 is 2.95 bits per heavy atom. The maximum absolute atomic E-state index is 4.42. The number of hydrazone groups is 1. The van der Waals surface area contributed by atoms with Gasteiger partial charge < -0.3 is 4.98 Å². The molecular weight excluding hydrogens is 296 g/mol. The second-order valence-corrected chi connectivity index (χ2v) is 5.74. The monoisotopic (exact) mass is 308 g/mol. The molecule has 0 amide bonds. The van der Waals surface area contributed by atoms with Gasteiger partial charge >= 0.3 is 0 Å². The molecule has 3 aromatic heterocycles. The summed E-state index contributed by atoms with van der Waals surface area (Å²) in [6.45, 7) is 1.94. The fourth-order valence-corrected chi connectivity index (χ4v) is 2.92. The van der Waals surface area contributed by atoms with Crippen molar-refractivity contribution in [3.63, 3.8) is 0 Å². The highest BCUT2D eigenvalue weighted by Crippen LogP contribution is 2.21. The average Bonchev–Trinajstić information content (AvgIpc) is 3.19. The molecule has 2 N–H and O–H groups in total. The molecule has 22 heavy (non-hydrogen) atoms. The lowest BCUT2D eigenvalue weighted by molar-refractivity contribution is 1.01. The molecule has 0 atom stereocenters. The number of rotatable bonds is 3. The van der Waals surface area contributed by atoms with Crippen molar-refractivity contribution in [3.05, 3.63) is 46.7 Å². The Balaban J connectivity index is 1.68. The minimum Gasteiger partial charge on any atom is -0.338 e. The third-order valence-electron chi connectivity index (χ3n) is 3.32. The molecule has 7 heteroatoms. The Morgan fingerprint density at radius 2 is 2.09 bits per heavy atom. The summed E-state index contributed by atoms with van der Waals surface area (Å²) < 4.78 is 0. The lowest BCUT2D eigenvalue weighted by atomic mass is 10.2. The lowest BCUT2D eigenvalue weighted by Crippen LogP contribution is -2.02. The van der Waals surface area contributed by atoms with Crippen molar-refractivity contribution >= 4 is 45.1 Å². The highest BCUT2D eigenvalue weighted by Gasteiger charge is 2.08. The van der Waals surface area contributed by atoms with Gasteiger partial charge in [0.05, 0.1) is 5.71 Å². The Morgan fingerprint density at radius 1 is 1.18 bits per heavy atom. The van der Waals surface area contributed by atoms with E-state index in [1.54, 1.807) is 11.3 Å². The number of nitrogens with one attached hydrogen (secondary N) is 2. The molecule has 0 saturated heterocycles. The standard InChI is InChI=1S/C15H12N6S/c1-9(12-7-4-8-22-12)18-20-15-17-14-13(19-21-15)10-5-2-3-6-11(10)16-14/h2-8H,1H3,(H2,16,17,20,21)/b18-9-. The zero-order valence-electron chi connectivity index (χ0n) is 11.7. The van der Waals surface area contributed by atoms with Crippen LogP contribution < -0.4 is 5.43 Å². The highest BCUT2D eigenvalue weighted by molar-refractivity contribution is 7.12. The number of nitrogens with zero attached hydrogens (tertiary/aromatic N) is 4. The van der Waals surface area contributed by atoms with Gasteiger partial charge in [-0.05, 0) is 24.4 Å². The zero-order chi connectivity index (χ0) is 14.9. The summed E-state index contributed by atoms with van der Waals surface area (Å²) in [4.78, 5) is 8.76. The van der Waals surface area contributed by atoms with Crippen molar-refractivity contribution in [2.75, 3.05) is 5.43 Å². The molecule has 108 valence electrons. The SMILES string of the molecule is C/C(=N/Nc1nnc2c(n1)[nH]c1ccccc12)c1cccs1. The summed E-state index contributed by atoms with van der Waals surface area (Å²) in [6, 6.07) is 11.9. The van der Waals surface area contributed by atoms with Crippen molar-refractivity contribution in [3.8, 4) is 0 Å². The summed E-state index contributed by atoms with van der Waals surface area (Å²) in [5, 5.41) is 15.7. The zero-order valence-corrected chi connectivity index (χ0v) is 12.6. The number of H-pyrrole nitrogens is 1. The number of hydrogen-bond acceptors (Lipinski definition) is 6. The quantitative estimate of drug-likeness (QED) is 0.449. The van der Waals surface area contributed by atoms with Crippen LogP contribution in [0.4, 0.5) is 5.95 Å². The predicted octanol–water partition coefficient (Wildman–Crippen LogP) is 3.40. The van der Waals surface area contributed by atoms with E-state index in [4.69, 9.17) is 0 Å². The number of benzene rings is 1. The average molecular weight is 308 g/mol. The van der Waals surface area contributed by atoms with Crippen LogP contribution in [-0.2, 0) is 0 Å². The maximum Gasteiger partial charge on any atom is 0.265 e. The summed E-state index contributed by atoms with van der Waals surface area (Å²) in [6.07, 6.45) is 0. The molecule has 0 fully saturated rings. The highest BCUT2D eigenvalue weighted by atomic mass is 32.1. The fourth-order valence-electron chi connectivity index (χ4n) is 2.24. The van der Waals surface area contributed by atoms with Gasteiger partial charge in [-0.15, -0.1) is 21.5 Å². The Bertz CT molecular complexity index is 970. The first kappa shape index (κ1) is 12.9. The van der Waals surface area contributed by atoms with Crippen LogP contribution in [0.1, 0.15) is 11.8 Å². The Hall–Kier alpha value is -2.80. The van der Waals surface area contributed by atoms with E-state index in [-0.39, 0.29) is 0 Å². The van der Waals surface area contributed by atoms with E-state index in [9.17, 15) is 0 Å². The van der Waals surface area contributed by atoms with Gasteiger partial charge in [0, 0.05) is 15.8 Å². The first-order chi connectivity index (χ1) is 10.8. The Kier molecular flexibility index (Phi) is 3.05. The van der Waals surface area contributed by atoms with Crippen LogP contribution in [0, 0.1) is 0 Å². The van der Waals surface area contributed by atoms with Crippen molar-refractivity contribution in [2.24, 2.45) is 5.10 Å². The van der Waals surface area contributed by atoms with Crippen LogP contribution in [0.5, 0.6) is 0 Å². The van der Waals surface area contributed by atoms with Crippen LogP contribution in [-0.4, -0.2) is 25.9 Å². The number of aromatic amines is 1. The number of para-hydroxylation sites is 1. The van der Waals surface area contributed by atoms with Gasteiger partial charge in [0.15, 0.2) is 5.65 Å². The van der Waals surface area contributed by atoms with Gasteiger partial charge in [-0.25, -0.2) is 5.43 Å². The molecule has 0 saturated carbocycles. The van der Waals surface area contributed by atoms with Crippen molar-refractivity contribution in [1.29, 1.82) is 0 Å². The first-order valence-electron chi connectivity index (χ1n) is 6.76. The fraction of sp³-hybridized carbons (Fsp3) is 0.0667. The molecule has 0 aliphatic rings. The predicted molar refractivity (Wildman–Crippen MR) is 89.3 cm³/mol. The third kappa shape index (κ3) is 2.21. The van der Waals surface area contributed by atoms with Gasteiger partial charge in [0.1, 0.15) is 5.52 Å². The second kappa shape index (κ2) is 5.19. The summed E-state index contributed by atoms with van der Waals surface area (Å²) in [7, 11) is 0. The second-order valence-electron chi connectivity index (χ2n) is 4.79. The molecule has 0 aliphatic carbocycles. The lowest BCUT2D eigenvalue weighted by Gasteiger charge is -1.99. The normalized spacial score (nSPS) is 12.1. The Labute approximate surface area is 129 Å². The van der Waals surface area contributed by atoms with E-state index >= 15 is 0 Å². The molecule has 4 rings (SSSR count). The van der Waals surface area contributed by atoms with E-state index in [0.717, 1.165) is 27.0 Å². The van der Waals surface area contributed by atoms with E-state index in [1.165, 1.54) is 0 Å². The molecule has 1 aromatic carbocycles. The van der Waals surface area contributed by atoms with Gasteiger partial charge in [-0.3, -0.25) is 0 Å². The largest absolute Gasteiger partial charge is 0.338 e. The van der Waals surface area contributed by atoms with Crippen molar-refractivity contribution in [2.45, 2.75) is 6.92 Å². The van der Waals surface area contributed by atoms with Gasteiger partial charge in [0.25, 0.3) is 5.95 Å². The van der Waals surface area contributed by atoms with Crippen LogP contribution in [0.25, 0.3) is 22.1 Å². The molecule has 0 bridgehead atoms. The van der Waals surface area contributed by atoms with E-state index in [0.29, 0.717) is 11.6 Å². The molecule has 0 radical (unpaired) electrons. The van der Waals surface area contributed by atoms with Crippen LogP contribution >= 0.6 is 11.3 Å². The third-order valence-corrected chi connectivity index (χ3v) is 4.30. The molecular formula is C15H12N6S. The molecule has 0 spiro atoms. The summed E-state index contributed by atoms with van der Waals surface area (Å²) in [5.41, 5.74) is 6.20. The topological polar surface area (TPSA) is 78.8 Å². The van der Waals surface area contributed by atoms with Crippen molar-refractivity contribution in [1.82, 2.24) is 20.2 Å². The number of anilines is 1.